The first-order valence-corrected chi connectivity index (χ1v) is 6.66. The fraction of sp³-hybridized carbons (Fsp3) is 0.200. The van der Waals surface area contributed by atoms with E-state index in [2.05, 4.69) is 47.2 Å². The summed E-state index contributed by atoms with van der Waals surface area (Å²) in [6.07, 6.45) is 0. The maximum Gasteiger partial charge on any atom is 0.115 e. The molecule has 2 aromatic rings. The van der Waals surface area contributed by atoms with Gasteiger partial charge in [0.15, 0.2) is 0 Å². The summed E-state index contributed by atoms with van der Waals surface area (Å²) in [4.78, 5) is 0. The number of hydrogen-bond acceptors (Lipinski definition) is 2. The smallest absolute Gasteiger partial charge is 0.115 e. The van der Waals surface area contributed by atoms with Gasteiger partial charge in [0.05, 0.1) is 0 Å². The van der Waals surface area contributed by atoms with E-state index in [-0.39, 0.29) is 6.04 Å². The van der Waals surface area contributed by atoms with Gasteiger partial charge in [0.2, 0.25) is 0 Å². The first-order chi connectivity index (χ1) is 8.54. The van der Waals surface area contributed by atoms with Gasteiger partial charge >= 0.3 is 0 Å². The molecule has 2 nitrogen and oxygen atoms in total. The Balaban J connectivity index is 2.18. The molecule has 1 unspecified atom stereocenters. The number of aromatic hydroxyl groups is 1. The summed E-state index contributed by atoms with van der Waals surface area (Å²) in [5, 5.41) is 12.9. The zero-order valence-corrected chi connectivity index (χ0v) is 12.0. The number of anilines is 1. The second kappa shape index (κ2) is 5.44. The van der Waals surface area contributed by atoms with Crippen LogP contribution in [0.15, 0.2) is 46.9 Å². The van der Waals surface area contributed by atoms with Crippen LogP contribution in [0.25, 0.3) is 0 Å². The highest BCUT2D eigenvalue weighted by Gasteiger charge is 2.06. The van der Waals surface area contributed by atoms with Crippen molar-refractivity contribution in [2.75, 3.05) is 5.32 Å². The van der Waals surface area contributed by atoms with Crippen molar-refractivity contribution in [3.63, 3.8) is 0 Å². The van der Waals surface area contributed by atoms with E-state index >= 15 is 0 Å². The molecule has 0 aliphatic heterocycles. The molecule has 0 aliphatic rings. The molecule has 18 heavy (non-hydrogen) atoms. The molecule has 0 spiro atoms. The lowest BCUT2D eigenvalue weighted by atomic mass is 10.1. The number of halogens is 1. The predicted molar refractivity (Wildman–Crippen MR) is 79.0 cm³/mol. The van der Waals surface area contributed by atoms with Gasteiger partial charge < -0.3 is 10.4 Å². The van der Waals surface area contributed by atoms with Crippen LogP contribution >= 0.6 is 15.9 Å². The minimum Gasteiger partial charge on any atom is -0.508 e. The summed E-state index contributed by atoms with van der Waals surface area (Å²) in [5.41, 5.74) is 3.33. The summed E-state index contributed by atoms with van der Waals surface area (Å²) in [7, 11) is 0. The molecular weight excluding hydrogens is 290 g/mol. The standard InChI is InChI=1S/C15H16BrNO/c1-10-6-13(16)9-14(7-10)17-11(2)12-4-3-5-15(18)8-12/h3-9,11,17-18H,1-2H3. The predicted octanol–water partition coefficient (Wildman–Crippen LogP) is 4.64. The van der Waals surface area contributed by atoms with Gasteiger partial charge in [-0.25, -0.2) is 0 Å². The van der Waals surface area contributed by atoms with Gasteiger partial charge in [-0.1, -0.05) is 28.1 Å². The van der Waals surface area contributed by atoms with Crippen LogP contribution < -0.4 is 5.32 Å². The first kappa shape index (κ1) is 13.0. The Morgan fingerprint density at radius 3 is 2.61 bits per heavy atom. The lowest BCUT2D eigenvalue weighted by Crippen LogP contribution is -2.06. The van der Waals surface area contributed by atoms with E-state index in [0.29, 0.717) is 5.75 Å². The van der Waals surface area contributed by atoms with E-state index in [4.69, 9.17) is 0 Å². The lowest BCUT2D eigenvalue weighted by Gasteiger charge is -2.16. The quantitative estimate of drug-likeness (QED) is 0.866. The molecule has 0 aliphatic carbocycles. The van der Waals surface area contributed by atoms with Gasteiger partial charge in [-0.15, -0.1) is 0 Å². The van der Waals surface area contributed by atoms with Crippen molar-refractivity contribution >= 4 is 21.6 Å². The third-order valence-electron chi connectivity index (χ3n) is 2.80. The van der Waals surface area contributed by atoms with E-state index in [1.54, 1.807) is 12.1 Å². The van der Waals surface area contributed by atoms with Crippen LogP contribution in [0.5, 0.6) is 5.75 Å². The van der Waals surface area contributed by atoms with Crippen molar-refractivity contribution in [3.05, 3.63) is 58.1 Å². The third kappa shape index (κ3) is 3.26. The SMILES string of the molecule is Cc1cc(Br)cc(NC(C)c2cccc(O)c2)c1. The van der Waals surface area contributed by atoms with Crippen LogP contribution in [0, 0.1) is 6.92 Å². The third-order valence-corrected chi connectivity index (χ3v) is 3.25. The second-order valence-electron chi connectivity index (χ2n) is 4.48. The average molecular weight is 306 g/mol. The van der Waals surface area contributed by atoms with Gasteiger partial charge in [-0.05, 0) is 55.3 Å². The molecule has 0 saturated heterocycles. The topological polar surface area (TPSA) is 32.3 Å². The first-order valence-electron chi connectivity index (χ1n) is 5.87. The van der Waals surface area contributed by atoms with Gasteiger partial charge in [-0.2, -0.15) is 0 Å². The zero-order valence-electron chi connectivity index (χ0n) is 10.4. The fourth-order valence-corrected chi connectivity index (χ4v) is 2.55. The van der Waals surface area contributed by atoms with E-state index in [0.717, 1.165) is 15.7 Å². The van der Waals surface area contributed by atoms with Crippen LogP contribution in [0.2, 0.25) is 0 Å². The Bertz CT molecular complexity index is 534. The normalized spacial score (nSPS) is 12.2. The minimum atomic E-state index is 0.144. The molecule has 1 atom stereocenters. The number of rotatable bonds is 3. The highest BCUT2D eigenvalue weighted by atomic mass is 79.9. The molecule has 2 aromatic carbocycles. The Labute approximate surface area is 116 Å². The molecule has 0 aromatic heterocycles. The van der Waals surface area contributed by atoms with Crippen molar-refractivity contribution in [2.45, 2.75) is 19.9 Å². The van der Waals surface area contributed by atoms with Crippen molar-refractivity contribution in [3.8, 4) is 5.75 Å². The molecule has 0 heterocycles. The molecule has 0 radical (unpaired) electrons. The van der Waals surface area contributed by atoms with Crippen molar-refractivity contribution < 1.29 is 5.11 Å². The van der Waals surface area contributed by atoms with Crippen molar-refractivity contribution in [1.29, 1.82) is 0 Å². The Kier molecular flexibility index (Phi) is 3.92. The van der Waals surface area contributed by atoms with Crippen LogP contribution in [0.4, 0.5) is 5.69 Å². The number of hydrogen-bond donors (Lipinski definition) is 2. The summed E-state index contributed by atoms with van der Waals surface area (Å²) in [6, 6.07) is 13.7. The van der Waals surface area contributed by atoms with Gasteiger partial charge in [-0.3, -0.25) is 0 Å². The van der Waals surface area contributed by atoms with Gasteiger partial charge in [0.25, 0.3) is 0 Å². The number of phenols is 1. The molecule has 3 heteroatoms. The van der Waals surface area contributed by atoms with E-state index in [9.17, 15) is 5.11 Å². The zero-order chi connectivity index (χ0) is 13.1. The van der Waals surface area contributed by atoms with E-state index in [1.165, 1.54) is 5.56 Å². The lowest BCUT2D eigenvalue weighted by molar-refractivity contribution is 0.474. The molecule has 0 bridgehead atoms. The van der Waals surface area contributed by atoms with Crippen molar-refractivity contribution in [2.24, 2.45) is 0 Å². The maximum atomic E-state index is 9.48. The Morgan fingerprint density at radius 1 is 1.17 bits per heavy atom. The second-order valence-corrected chi connectivity index (χ2v) is 5.39. The Morgan fingerprint density at radius 2 is 1.94 bits per heavy atom. The Hall–Kier alpha value is -1.48. The molecule has 2 rings (SSSR count). The van der Waals surface area contributed by atoms with Gasteiger partial charge in [0.1, 0.15) is 5.75 Å². The summed E-state index contributed by atoms with van der Waals surface area (Å²) in [5.74, 6) is 0.298. The summed E-state index contributed by atoms with van der Waals surface area (Å²) < 4.78 is 1.06. The fourth-order valence-electron chi connectivity index (χ4n) is 1.95. The van der Waals surface area contributed by atoms with Crippen molar-refractivity contribution in [1.82, 2.24) is 0 Å². The highest BCUT2D eigenvalue weighted by molar-refractivity contribution is 9.10. The number of phenolic OH excluding ortho intramolecular Hbond substituents is 1. The molecule has 2 N–H and O–H groups in total. The van der Waals surface area contributed by atoms with Crippen LogP contribution in [0.1, 0.15) is 24.1 Å². The van der Waals surface area contributed by atoms with Crippen LogP contribution in [-0.4, -0.2) is 5.11 Å². The average Bonchev–Trinajstić information content (AvgIpc) is 2.27. The number of aryl methyl sites for hydroxylation is 1. The van der Waals surface area contributed by atoms with E-state index < -0.39 is 0 Å². The minimum absolute atomic E-state index is 0.144. The number of nitrogens with one attached hydrogen (secondary N) is 1. The van der Waals surface area contributed by atoms with Crippen LogP contribution in [-0.2, 0) is 0 Å². The highest BCUT2D eigenvalue weighted by Crippen LogP contribution is 2.25. The maximum absolute atomic E-state index is 9.48. The molecule has 94 valence electrons. The molecule has 0 fully saturated rings. The molecule has 0 saturated carbocycles. The summed E-state index contributed by atoms with van der Waals surface area (Å²) in [6.45, 7) is 4.14. The monoisotopic (exact) mass is 305 g/mol. The van der Waals surface area contributed by atoms with Crippen LogP contribution in [0.3, 0.4) is 0 Å². The molecular formula is C15H16BrNO. The van der Waals surface area contributed by atoms with E-state index in [1.807, 2.05) is 18.2 Å². The number of benzene rings is 2. The van der Waals surface area contributed by atoms with Gasteiger partial charge in [0, 0.05) is 16.2 Å². The molecule has 0 amide bonds. The largest absolute Gasteiger partial charge is 0.508 e. The summed E-state index contributed by atoms with van der Waals surface area (Å²) >= 11 is 3.49.